The van der Waals surface area contributed by atoms with Gasteiger partial charge in [-0.3, -0.25) is 4.79 Å². The summed E-state index contributed by atoms with van der Waals surface area (Å²) in [7, 11) is 1.74. The van der Waals surface area contributed by atoms with Crippen LogP contribution in [0.15, 0.2) is 0 Å². The number of carboxylic acid groups (broad SMARTS) is 1. The van der Waals surface area contributed by atoms with Crippen molar-refractivity contribution in [3.63, 3.8) is 0 Å². The fraction of sp³-hybridized carbons (Fsp3) is 0.941. The van der Waals surface area contributed by atoms with Crippen molar-refractivity contribution in [2.45, 2.75) is 77.3 Å². The van der Waals surface area contributed by atoms with E-state index in [1.165, 1.54) is 32.1 Å². The van der Waals surface area contributed by atoms with Gasteiger partial charge in [-0.05, 0) is 65.1 Å². The van der Waals surface area contributed by atoms with Gasteiger partial charge < -0.3 is 15.3 Å². The van der Waals surface area contributed by atoms with Crippen LogP contribution in [0.25, 0.3) is 0 Å². The minimum Gasteiger partial charge on any atom is -0.480 e. The average molecular weight is 298 g/mol. The molecule has 0 spiro atoms. The Kier molecular flexibility index (Phi) is 7.67. The SMILES string of the molecule is CNC(C)(CCCN(CCC(C)C)C1CCCC1)C(=O)O. The first-order valence-electron chi connectivity index (χ1n) is 8.55. The second-order valence-electron chi connectivity index (χ2n) is 7.15. The molecule has 2 N–H and O–H groups in total. The Morgan fingerprint density at radius 2 is 1.95 bits per heavy atom. The fourth-order valence-electron chi connectivity index (χ4n) is 3.14. The summed E-state index contributed by atoms with van der Waals surface area (Å²) in [5.41, 5.74) is -0.792. The molecule has 0 heterocycles. The molecule has 0 radical (unpaired) electrons. The molecule has 0 saturated heterocycles. The number of hydrogen-bond donors (Lipinski definition) is 2. The first kappa shape index (κ1) is 18.4. The molecule has 1 atom stereocenters. The zero-order valence-electron chi connectivity index (χ0n) is 14.3. The Labute approximate surface area is 130 Å². The van der Waals surface area contributed by atoms with Gasteiger partial charge in [0.05, 0.1) is 0 Å². The molecule has 0 aliphatic heterocycles. The largest absolute Gasteiger partial charge is 0.480 e. The lowest BCUT2D eigenvalue weighted by atomic mass is 9.96. The summed E-state index contributed by atoms with van der Waals surface area (Å²) >= 11 is 0. The van der Waals surface area contributed by atoms with Crippen molar-refractivity contribution < 1.29 is 9.90 Å². The van der Waals surface area contributed by atoms with E-state index in [1.54, 1.807) is 14.0 Å². The summed E-state index contributed by atoms with van der Waals surface area (Å²) in [5.74, 6) is -0.0184. The smallest absolute Gasteiger partial charge is 0.323 e. The van der Waals surface area contributed by atoms with Crippen LogP contribution in [0, 0.1) is 5.92 Å². The van der Waals surface area contributed by atoms with Gasteiger partial charge in [-0.1, -0.05) is 26.7 Å². The van der Waals surface area contributed by atoms with Gasteiger partial charge in [0.25, 0.3) is 0 Å². The normalized spacial score (nSPS) is 19.3. The Balaban J connectivity index is 2.46. The Bertz CT molecular complexity index is 314. The molecule has 1 saturated carbocycles. The van der Waals surface area contributed by atoms with Crippen molar-refractivity contribution in [2.24, 2.45) is 5.92 Å². The number of rotatable bonds is 10. The van der Waals surface area contributed by atoms with Crippen molar-refractivity contribution in [3.05, 3.63) is 0 Å². The van der Waals surface area contributed by atoms with Gasteiger partial charge in [0, 0.05) is 6.04 Å². The van der Waals surface area contributed by atoms with Gasteiger partial charge in [-0.25, -0.2) is 0 Å². The van der Waals surface area contributed by atoms with Crippen LogP contribution in [-0.2, 0) is 4.79 Å². The molecule has 1 unspecified atom stereocenters. The zero-order valence-corrected chi connectivity index (χ0v) is 14.3. The van der Waals surface area contributed by atoms with E-state index in [0.717, 1.165) is 31.5 Å². The maximum absolute atomic E-state index is 11.3. The molecule has 0 amide bonds. The highest BCUT2D eigenvalue weighted by Gasteiger charge is 2.31. The average Bonchev–Trinajstić information content (AvgIpc) is 2.95. The monoisotopic (exact) mass is 298 g/mol. The number of aliphatic carboxylic acids is 1. The second kappa shape index (κ2) is 8.74. The standard InChI is InChI=1S/C17H34N2O2/c1-14(2)10-13-19(15-8-5-6-9-15)12-7-11-17(3,18-4)16(20)21/h14-15,18H,5-13H2,1-4H3,(H,20,21). The van der Waals surface area contributed by atoms with E-state index < -0.39 is 11.5 Å². The van der Waals surface area contributed by atoms with Crippen LogP contribution in [0.4, 0.5) is 0 Å². The predicted octanol–water partition coefficient (Wildman–Crippen LogP) is 3.12. The van der Waals surface area contributed by atoms with Gasteiger partial charge in [0.2, 0.25) is 0 Å². The van der Waals surface area contributed by atoms with Gasteiger partial charge in [-0.2, -0.15) is 0 Å². The molecule has 0 aromatic rings. The predicted molar refractivity (Wildman–Crippen MR) is 87.6 cm³/mol. The highest BCUT2D eigenvalue weighted by Crippen LogP contribution is 2.25. The van der Waals surface area contributed by atoms with Gasteiger partial charge in [-0.15, -0.1) is 0 Å². The third-order valence-corrected chi connectivity index (χ3v) is 4.98. The fourth-order valence-corrected chi connectivity index (χ4v) is 3.14. The molecule has 0 aromatic heterocycles. The summed E-state index contributed by atoms with van der Waals surface area (Å²) in [5, 5.41) is 12.3. The van der Waals surface area contributed by atoms with E-state index in [0.29, 0.717) is 6.42 Å². The van der Waals surface area contributed by atoms with Crippen molar-refractivity contribution in [1.82, 2.24) is 10.2 Å². The molecule has 124 valence electrons. The van der Waals surface area contributed by atoms with Crippen molar-refractivity contribution >= 4 is 5.97 Å². The van der Waals surface area contributed by atoms with Crippen LogP contribution in [-0.4, -0.2) is 47.7 Å². The lowest BCUT2D eigenvalue weighted by molar-refractivity contribution is -0.144. The zero-order chi connectivity index (χ0) is 15.9. The van der Waals surface area contributed by atoms with E-state index in [-0.39, 0.29) is 0 Å². The molecular formula is C17H34N2O2. The first-order chi connectivity index (χ1) is 9.89. The highest BCUT2D eigenvalue weighted by atomic mass is 16.4. The summed E-state index contributed by atoms with van der Waals surface area (Å²) in [6.45, 7) is 8.52. The van der Waals surface area contributed by atoms with E-state index in [2.05, 4.69) is 24.1 Å². The Morgan fingerprint density at radius 1 is 1.33 bits per heavy atom. The number of carboxylic acids is 1. The van der Waals surface area contributed by atoms with Crippen molar-refractivity contribution in [1.29, 1.82) is 0 Å². The van der Waals surface area contributed by atoms with Crippen LogP contribution in [0.1, 0.15) is 65.7 Å². The third kappa shape index (κ3) is 5.95. The van der Waals surface area contributed by atoms with Gasteiger partial charge in [0.1, 0.15) is 5.54 Å². The molecular weight excluding hydrogens is 264 g/mol. The Hall–Kier alpha value is -0.610. The van der Waals surface area contributed by atoms with Crippen LogP contribution in [0.3, 0.4) is 0 Å². The quantitative estimate of drug-likeness (QED) is 0.650. The van der Waals surface area contributed by atoms with Crippen molar-refractivity contribution in [3.8, 4) is 0 Å². The maximum atomic E-state index is 11.3. The van der Waals surface area contributed by atoms with E-state index in [1.807, 2.05) is 0 Å². The number of nitrogens with one attached hydrogen (secondary N) is 1. The molecule has 0 bridgehead atoms. The summed E-state index contributed by atoms with van der Waals surface area (Å²) in [6.07, 6.45) is 8.21. The molecule has 0 aromatic carbocycles. The van der Waals surface area contributed by atoms with E-state index in [4.69, 9.17) is 0 Å². The first-order valence-corrected chi connectivity index (χ1v) is 8.55. The maximum Gasteiger partial charge on any atom is 0.323 e. The highest BCUT2D eigenvalue weighted by molar-refractivity contribution is 5.78. The number of likely N-dealkylation sites (N-methyl/N-ethyl adjacent to an activating group) is 1. The molecule has 1 rings (SSSR count). The summed E-state index contributed by atoms with van der Waals surface area (Å²) in [6, 6.07) is 0.731. The second-order valence-corrected chi connectivity index (χ2v) is 7.15. The van der Waals surface area contributed by atoms with Gasteiger partial charge >= 0.3 is 5.97 Å². The topological polar surface area (TPSA) is 52.6 Å². The lowest BCUT2D eigenvalue weighted by Crippen LogP contribution is -2.48. The summed E-state index contributed by atoms with van der Waals surface area (Å²) in [4.78, 5) is 13.9. The van der Waals surface area contributed by atoms with Crippen LogP contribution < -0.4 is 5.32 Å². The van der Waals surface area contributed by atoms with Crippen LogP contribution in [0.2, 0.25) is 0 Å². The number of hydrogen-bond acceptors (Lipinski definition) is 3. The van der Waals surface area contributed by atoms with E-state index >= 15 is 0 Å². The molecule has 4 heteroatoms. The van der Waals surface area contributed by atoms with E-state index in [9.17, 15) is 9.90 Å². The molecule has 1 aliphatic carbocycles. The minimum atomic E-state index is -0.792. The van der Waals surface area contributed by atoms with Gasteiger partial charge in [0.15, 0.2) is 0 Å². The number of carbonyl (C=O) groups is 1. The molecule has 1 fully saturated rings. The number of nitrogens with zero attached hydrogens (tertiary/aromatic N) is 1. The lowest BCUT2D eigenvalue weighted by Gasteiger charge is -2.31. The molecule has 21 heavy (non-hydrogen) atoms. The Morgan fingerprint density at radius 3 is 2.43 bits per heavy atom. The van der Waals surface area contributed by atoms with Crippen LogP contribution in [0.5, 0.6) is 0 Å². The minimum absolute atomic E-state index is 0.684. The third-order valence-electron chi connectivity index (χ3n) is 4.98. The van der Waals surface area contributed by atoms with Crippen LogP contribution >= 0.6 is 0 Å². The summed E-state index contributed by atoms with van der Waals surface area (Å²) < 4.78 is 0. The van der Waals surface area contributed by atoms with Crippen molar-refractivity contribution in [2.75, 3.05) is 20.1 Å². The molecule has 1 aliphatic rings. The molecule has 4 nitrogen and oxygen atoms in total.